The van der Waals surface area contributed by atoms with Crippen LogP contribution in [0, 0.1) is 24.7 Å². The summed E-state index contributed by atoms with van der Waals surface area (Å²) < 4.78 is 5.38. The summed E-state index contributed by atoms with van der Waals surface area (Å²) in [5, 5.41) is 1.43. The Labute approximate surface area is 273 Å². The summed E-state index contributed by atoms with van der Waals surface area (Å²) in [5.41, 5.74) is 2.11. The number of aryl methyl sites for hydroxylation is 1. The Balaban J connectivity index is 1.28. The van der Waals surface area contributed by atoms with Crippen molar-refractivity contribution in [3.05, 3.63) is 38.7 Å². The lowest BCUT2D eigenvalue weighted by molar-refractivity contribution is 0.0532. The second-order valence-electron chi connectivity index (χ2n) is 12.2. The average molecular weight is 663 g/mol. The van der Waals surface area contributed by atoms with E-state index in [0.717, 1.165) is 50.1 Å². The third-order valence-electron chi connectivity index (χ3n) is 8.41. The first kappa shape index (κ1) is 32.7. The molecule has 10 nitrogen and oxygen atoms in total. The second-order valence-corrected chi connectivity index (χ2v) is 13.9. The lowest BCUT2D eigenvalue weighted by Gasteiger charge is -2.36. The summed E-state index contributed by atoms with van der Waals surface area (Å²) in [6.07, 6.45) is 4.67. The van der Waals surface area contributed by atoms with Crippen molar-refractivity contribution in [2.24, 2.45) is 17.8 Å². The number of esters is 1. The smallest absolute Gasteiger partial charge is 0.350 e. The normalized spacial score (nSPS) is 19.5. The van der Waals surface area contributed by atoms with Gasteiger partial charge in [0.1, 0.15) is 27.8 Å². The maximum absolute atomic E-state index is 13.0. The Kier molecular flexibility index (Phi) is 10.5. The number of piperidine rings is 1. The first-order valence-electron chi connectivity index (χ1n) is 15.3. The summed E-state index contributed by atoms with van der Waals surface area (Å²) in [6, 6.07) is 0. The Hall–Kier alpha value is -2.73. The van der Waals surface area contributed by atoms with Gasteiger partial charge in [0, 0.05) is 57.9 Å². The molecule has 3 aromatic heterocycles. The summed E-state index contributed by atoms with van der Waals surface area (Å²) in [5.74, 6) is 1.44. The molecule has 0 amide bonds. The predicted molar refractivity (Wildman–Crippen MR) is 177 cm³/mol. The van der Waals surface area contributed by atoms with Crippen LogP contribution in [-0.4, -0.2) is 89.0 Å². The molecule has 238 valence electrons. The number of carbonyl (C=O) groups is 2. The number of hydrogen-bond donors (Lipinski definition) is 1. The fraction of sp³-hybridized carbons (Fsp3) is 0.581. The summed E-state index contributed by atoms with van der Waals surface area (Å²) in [6.45, 7) is 16.8. The molecule has 13 heteroatoms. The summed E-state index contributed by atoms with van der Waals surface area (Å²) >= 11 is 13.8. The Morgan fingerprint density at radius 2 is 1.84 bits per heavy atom. The van der Waals surface area contributed by atoms with Crippen LogP contribution in [0.1, 0.15) is 66.4 Å². The lowest BCUT2D eigenvalue weighted by Crippen LogP contribution is -2.47. The number of piperazine rings is 1. The van der Waals surface area contributed by atoms with Gasteiger partial charge >= 0.3 is 5.97 Å². The number of aromatic amines is 1. The van der Waals surface area contributed by atoms with Gasteiger partial charge in [-0.3, -0.25) is 9.69 Å². The molecule has 1 N–H and O–H groups in total. The van der Waals surface area contributed by atoms with Crippen molar-refractivity contribution < 1.29 is 14.3 Å². The first-order chi connectivity index (χ1) is 21.0. The van der Waals surface area contributed by atoms with Crippen LogP contribution in [0.3, 0.4) is 0 Å². The van der Waals surface area contributed by atoms with E-state index in [1.54, 1.807) is 26.2 Å². The number of rotatable bonds is 10. The number of nitrogens with one attached hydrogen (secondary N) is 1. The van der Waals surface area contributed by atoms with Crippen molar-refractivity contribution in [2.45, 2.75) is 47.5 Å². The molecule has 2 saturated heterocycles. The molecule has 2 aliphatic heterocycles. The number of hydrogen-bond acceptors (Lipinski definition) is 10. The number of aromatic nitrogens is 4. The molecule has 0 spiro atoms. The van der Waals surface area contributed by atoms with Crippen LogP contribution in [0.2, 0.25) is 10.0 Å². The Bertz CT molecular complexity index is 1470. The van der Waals surface area contributed by atoms with Crippen molar-refractivity contribution in [1.82, 2.24) is 24.8 Å². The van der Waals surface area contributed by atoms with Crippen LogP contribution in [0.5, 0.6) is 0 Å². The second kappa shape index (κ2) is 14.1. The molecule has 2 atom stereocenters. The molecule has 5 heterocycles. The first-order valence-corrected chi connectivity index (χ1v) is 16.9. The molecular formula is C31H41Cl2N7O3S. The van der Waals surface area contributed by atoms with Crippen molar-refractivity contribution in [3.63, 3.8) is 0 Å². The molecule has 0 aliphatic carbocycles. The highest BCUT2D eigenvalue weighted by atomic mass is 35.5. The molecule has 2 aliphatic rings. The number of ether oxygens (including phenoxy) is 1. The molecule has 0 aromatic carbocycles. The van der Waals surface area contributed by atoms with Crippen molar-refractivity contribution in [1.29, 1.82) is 0 Å². The van der Waals surface area contributed by atoms with Crippen LogP contribution in [0.25, 0.3) is 11.4 Å². The van der Waals surface area contributed by atoms with E-state index in [2.05, 4.69) is 40.5 Å². The van der Waals surface area contributed by atoms with Gasteiger partial charge < -0.3 is 19.5 Å². The van der Waals surface area contributed by atoms with Gasteiger partial charge in [-0.15, -0.1) is 0 Å². The number of anilines is 2. The number of H-pyrrole nitrogens is 1. The topological polar surface area (TPSA) is 108 Å². The average Bonchev–Trinajstić information content (AvgIpc) is 3.56. The molecule has 44 heavy (non-hydrogen) atoms. The van der Waals surface area contributed by atoms with Crippen molar-refractivity contribution >= 4 is 57.2 Å². The highest BCUT2D eigenvalue weighted by molar-refractivity contribution is 7.17. The molecule has 0 radical (unpaired) electrons. The van der Waals surface area contributed by atoms with Gasteiger partial charge in [-0.2, -0.15) is 0 Å². The standard InChI is InChI=1S/C31H41Cl2N7O3S/c1-6-43-30(42)29-27(22-14-35-24(15-34-22)39-11-9-38(10-12-39)16-18(2)3)37-31(44-29)40-8-7-21(19(4)17-40)13-23(41)28-26(33)25(32)20(5)36-28/h14-15,18-19,21,36H,6-13,16-17H2,1-5H3/t19-,21-/m0/s1. The number of nitrogens with zero attached hydrogens (tertiary/aromatic N) is 6. The van der Waals surface area contributed by atoms with Gasteiger partial charge in [-0.1, -0.05) is 55.3 Å². The van der Waals surface area contributed by atoms with E-state index in [9.17, 15) is 9.59 Å². The summed E-state index contributed by atoms with van der Waals surface area (Å²) in [7, 11) is 0. The van der Waals surface area contributed by atoms with E-state index in [1.807, 2.05) is 0 Å². The quantitative estimate of drug-likeness (QED) is 0.200. The maximum atomic E-state index is 13.0. The number of carbonyl (C=O) groups excluding carboxylic acids is 2. The highest BCUT2D eigenvalue weighted by Crippen LogP contribution is 2.38. The van der Waals surface area contributed by atoms with Gasteiger partial charge in [-0.25, -0.2) is 19.7 Å². The van der Waals surface area contributed by atoms with E-state index < -0.39 is 5.97 Å². The third-order valence-corrected chi connectivity index (χ3v) is 10.5. The van der Waals surface area contributed by atoms with Crippen molar-refractivity contribution in [3.8, 4) is 11.4 Å². The zero-order chi connectivity index (χ0) is 31.5. The number of Topliss-reactive ketones (excluding diaryl/α,β-unsaturated/α-hetero) is 1. The molecular weight excluding hydrogens is 621 g/mol. The van der Waals surface area contributed by atoms with Crippen LogP contribution in [0.15, 0.2) is 12.4 Å². The van der Waals surface area contributed by atoms with E-state index in [1.165, 1.54) is 11.3 Å². The van der Waals surface area contributed by atoms with Crippen LogP contribution >= 0.6 is 34.5 Å². The molecule has 3 aromatic rings. The fourth-order valence-corrected chi connectivity index (χ4v) is 7.45. The van der Waals surface area contributed by atoms with Crippen LogP contribution < -0.4 is 9.80 Å². The monoisotopic (exact) mass is 661 g/mol. The van der Waals surface area contributed by atoms with Crippen LogP contribution in [-0.2, 0) is 4.74 Å². The van der Waals surface area contributed by atoms with E-state index >= 15 is 0 Å². The van der Waals surface area contributed by atoms with E-state index in [-0.39, 0.29) is 24.2 Å². The third kappa shape index (κ3) is 7.22. The van der Waals surface area contributed by atoms with Gasteiger partial charge in [-0.05, 0) is 38.0 Å². The SMILES string of the molecule is CCOC(=O)c1sc(N2CC[C@@H](CC(=O)c3[nH]c(C)c(Cl)c3Cl)[C@@H](C)C2)nc1-c1cnc(N2CCN(CC(C)C)CC2)cn1. The number of ketones is 1. The van der Waals surface area contributed by atoms with Gasteiger partial charge in [0.25, 0.3) is 0 Å². The predicted octanol–water partition coefficient (Wildman–Crippen LogP) is 6.23. The minimum atomic E-state index is -0.413. The Morgan fingerprint density at radius 1 is 1.09 bits per heavy atom. The van der Waals surface area contributed by atoms with E-state index in [0.29, 0.717) is 63.1 Å². The van der Waals surface area contributed by atoms with Crippen molar-refractivity contribution in [2.75, 3.05) is 62.2 Å². The van der Waals surface area contributed by atoms with E-state index in [4.69, 9.17) is 42.9 Å². The number of thiazole rings is 1. The molecule has 0 unspecified atom stereocenters. The van der Waals surface area contributed by atoms with Crippen LogP contribution in [0.4, 0.5) is 10.9 Å². The zero-order valence-electron chi connectivity index (χ0n) is 26.0. The highest BCUT2D eigenvalue weighted by Gasteiger charge is 2.32. The zero-order valence-corrected chi connectivity index (χ0v) is 28.4. The largest absolute Gasteiger partial charge is 0.462 e. The van der Waals surface area contributed by atoms with Gasteiger partial charge in [0.15, 0.2) is 10.9 Å². The minimum Gasteiger partial charge on any atom is -0.462 e. The molecule has 0 saturated carbocycles. The Morgan fingerprint density at radius 3 is 2.43 bits per heavy atom. The summed E-state index contributed by atoms with van der Waals surface area (Å²) in [4.78, 5) is 50.7. The van der Waals surface area contributed by atoms with Gasteiger partial charge in [0.2, 0.25) is 0 Å². The fourth-order valence-electron chi connectivity index (χ4n) is 6.01. The maximum Gasteiger partial charge on any atom is 0.350 e. The molecule has 2 fully saturated rings. The lowest BCUT2D eigenvalue weighted by atomic mass is 9.83. The number of halogens is 2. The molecule has 5 rings (SSSR count). The van der Waals surface area contributed by atoms with Gasteiger partial charge in [0.05, 0.1) is 29.0 Å². The minimum absolute atomic E-state index is 0.0316. The molecule has 0 bridgehead atoms.